The van der Waals surface area contributed by atoms with E-state index >= 15 is 0 Å². The van der Waals surface area contributed by atoms with Gasteiger partial charge in [-0.15, -0.1) is 0 Å². The Morgan fingerprint density at radius 3 is 2.08 bits per heavy atom. The van der Waals surface area contributed by atoms with E-state index in [0.717, 1.165) is 11.3 Å². The largest absolute Gasteiger partial charge is 0.321 e. The lowest BCUT2D eigenvalue weighted by molar-refractivity contribution is -1.30. The summed E-state index contributed by atoms with van der Waals surface area (Å²) in [7, 11) is 0. The molecule has 5 aromatic rings. The number of hydrogen-bond donors (Lipinski definition) is 0. The molecule has 0 aliphatic carbocycles. The zero-order chi connectivity index (χ0) is 17.3. The normalized spacial score (nSPS) is 11.1. The summed E-state index contributed by atoms with van der Waals surface area (Å²) in [5.74, 6) is 0. The first-order valence-corrected chi connectivity index (χ1v) is 8.34. The molecule has 0 radical (unpaired) electrons. The van der Waals surface area contributed by atoms with E-state index in [4.69, 9.17) is 0 Å². The molecule has 5 heteroatoms. The topological polar surface area (TPSA) is 46.4 Å². The van der Waals surface area contributed by atoms with E-state index in [1.54, 1.807) is 23.7 Å². The van der Waals surface area contributed by atoms with Gasteiger partial charge < -0.3 is 0 Å². The average molecular weight is 337 g/mol. The summed E-state index contributed by atoms with van der Waals surface area (Å²) in [5, 5.41) is 4.95. The highest BCUT2D eigenvalue weighted by Crippen LogP contribution is 2.26. The Labute approximate surface area is 149 Å². The van der Waals surface area contributed by atoms with Crippen molar-refractivity contribution < 1.29 is 9.35 Å². The second-order valence-electron chi connectivity index (χ2n) is 6.11. The van der Waals surface area contributed by atoms with Gasteiger partial charge >= 0.3 is 6.33 Å². The molecular weight excluding hydrogens is 322 g/mol. The Morgan fingerprint density at radius 2 is 1.35 bits per heavy atom. The lowest BCUT2D eigenvalue weighted by Gasteiger charge is -2.04. The maximum atomic E-state index is 4.58. The van der Waals surface area contributed by atoms with Crippen molar-refractivity contribution in [1.29, 1.82) is 0 Å². The fraction of sp³-hybridized carbons (Fsp3) is 0. The zero-order valence-electron chi connectivity index (χ0n) is 13.9. The first kappa shape index (κ1) is 14.6. The average Bonchev–Trinajstić information content (AvgIpc) is 2.72. The number of nitrogens with zero attached hydrogens (tertiary/aromatic N) is 5. The summed E-state index contributed by atoms with van der Waals surface area (Å²) in [5.41, 5.74) is 2.02. The van der Waals surface area contributed by atoms with Gasteiger partial charge in [-0.05, 0) is 50.8 Å². The fourth-order valence-electron chi connectivity index (χ4n) is 3.14. The molecule has 0 bridgehead atoms. The van der Waals surface area contributed by atoms with Crippen molar-refractivity contribution in [3.05, 3.63) is 92.2 Å². The van der Waals surface area contributed by atoms with Crippen molar-refractivity contribution in [2.24, 2.45) is 0 Å². The van der Waals surface area contributed by atoms with Crippen LogP contribution in [0.1, 0.15) is 0 Å². The van der Waals surface area contributed by atoms with Crippen molar-refractivity contribution in [2.45, 2.75) is 0 Å². The summed E-state index contributed by atoms with van der Waals surface area (Å²) >= 11 is 0. The van der Waals surface area contributed by atoms with Gasteiger partial charge in [-0.2, -0.15) is 0 Å². The smallest absolute Gasteiger partial charge is 0.0773 e. The minimum Gasteiger partial charge on any atom is -0.0773 e. The van der Waals surface area contributed by atoms with Gasteiger partial charge in [0.05, 0.1) is 0 Å². The van der Waals surface area contributed by atoms with Crippen LogP contribution in [0.2, 0.25) is 0 Å². The third kappa shape index (κ3) is 2.56. The van der Waals surface area contributed by atoms with Crippen LogP contribution in [0.25, 0.3) is 32.8 Å². The Kier molecular flexibility index (Phi) is 3.35. The monoisotopic (exact) mass is 337 g/mol. The number of rotatable bonds is 2. The van der Waals surface area contributed by atoms with Crippen molar-refractivity contribution in [1.82, 2.24) is 15.0 Å². The van der Waals surface area contributed by atoms with E-state index in [1.165, 1.54) is 27.9 Å². The first-order valence-electron chi connectivity index (χ1n) is 8.34. The SMILES string of the molecule is c1ccc2cc3cc(-c4cc[n+](-[n+]5cncnc5)cn4)ccc3cc2c1. The number of aromatic nitrogens is 5. The van der Waals surface area contributed by atoms with E-state index in [-0.39, 0.29) is 0 Å². The summed E-state index contributed by atoms with van der Waals surface area (Å²) in [6.45, 7) is 0. The van der Waals surface area contributed by atoms with Crippen molar-refractivity contribution in [3.63, 3.8) is 0 Å². The molecule has 0 saturated heterocycles. The van der Waals surface area contributed by atoms with E-state index in [2.05, 4.69) is 69.5 Å². The Hall–Kier alpha value is -3.73. The van der Waals surface area contributed by atoms with Gasteiger partial charge in [-0.25, -0.2) is 0 Å². The van der Waals surface area contributed by atoms with Crippen LogP contribution in [0.3, 0.4) is 0 Å². The molecule has 0 saturated carbocycles. The number of benzene rings is 3. The second-order valence-corrected chi connectivity index (χ2v) is 6.11. The molecule has 0 N–H and O–H groups in total. The quantitative estimate of drug-likeness (QED) is 0.368. The van der Waals surface area contributed by atoms with Crippen LogP contribution in [-0.4, -0.2) is 15.0 Å². The molecule has 0 unspecified atom stereocenters. The molecule has 2 heterocycles. The van der Waals surface area contributed by atoms with Crippen LogP contribution < -0.4 is 9.35 Å². The van der Waals surface area contributed by atoms with E-state index in [9.17, 15) is 0 Å². The van der Waals surface area contributed by atoms with Crippen LogP contribution in [0.4, 0.5) is 0 Å². The second kappa shape index (κ2) is 5.97. The van der Waals surface area contributed by atoms with E-state index in [0.29, 0.717) is 0 Å². The van der Waals surface area contributed by atoms with Gasteiger partial charge in [0.2, 0.25) is 0 Å². The summed E-state index contributed by atoms with van der Waals surface area (Å²) in [6.07, 6.45) is 8.54. The van der Waals surface area contributed by atoms with Crippen molar-refractivity contribution in [3.8, 4) is 11.3 Å². The highest BCUT2D eigenvalue weighted by Gasteiger charge is 2.10. The molecule has 5 nitrogen and oxygen atoms in total. The maximum absolute atomic E-state index is 4.58. The Balaban J connectivity index is 1.57. The molecule has 0 aliphatic rings. The van der Waals surface area contributed by atoms with Crippen molar-refractivity contribution >= 4 is 21.5 Å². The van der Waals surface area contributed by atoms with Crippen LogP contribution in [0, 0.1) is 0 Å². The van der Waals surface area contributed by atoms with Crippen LogP contribution >= 0.6 is 0 Å². The molecule has 26 heavy (non-hydrogen) atoms. The molecule has 0 spiro atoms. The standard InChI is InChI=1S/C21H15N5/c1-2-4-17-10-20-11-19(6-5-18(20)9-16(17)3-1)21-7-8-25(15-24-21)26-13-22-12-23-14-26/h1-15H/q+2. The summed E-state index contributed by atoms with van der Waals surface area (Å²) in [6, 6.07) is 21.3. The summed E-state index contributed by atoms with van der Waals surface area (Å²) in [4.78, 5) is 12.6. The van der Waals surface area contributed by atoms with Gasteiger partial charge in [0.1, 0.15) is 6.20 Å². The molecular formula is C21H15N5+2. The predicted octanol–water partition coefficient (Wildman–Crippen LogP) is 2.73. The molecule has 0 amide bonds. The first-order chi connectivity index (χ1) is 12.9. The van der Waals surface area contributed by atoms with Crippen molar-refractivity contribution in [2.75, 3.05) is 0 Å². The fourth-order valence-corrected chi connectivity index (χ4v) is 3.14. The van der Waals surface area contributed by atoms with Crippen LogP contribution in [0.5, 0.6) is 0 Å². The number of hydrogen-bond acceptors (Lipinski definition) is 3. The molecule has 0 fully saturated rings. The number of fused-ring (bicyclic) bond motifs is 2. The molecule has 122 valence electrons. The molecule has 3 aromatic carbocycles. The predicted molar refractivity (Wildman–Crippen MR) is 97.9 cm³/mol. The lowest BCUT2D eigenvalue weighted by Crippen LogP contribution is -2.66. The third-order valence-electron chi connectivity index (χ3n) is 4.47. The van der Waals surface area contributed by atoms with Crippen LogP contribution in [-0.2, 0) is 0 Å². The van der Waals surface area contributed by atoms with Gasteiger partial charge in [-0.1, -0.05) is 49.7 Å². The lowest BCUT2D eigenvalue weighted by atomic mass is 10.0. The van der Waals surface area contributed by atoms with E-state index < -0.39 is 0 Å². The summed E-state index contributed by atoms with van der Waals surface area (Å²) < 4.78 is 3.57. The maximum Gasteiger partial charge on any atom is 0.321 e. The van der Waals surface area contributed by atoms with E-state index in [1.807, 2.05) is 16.9 Å². The van der Waals surface area contributed by atoms with Crippen LogP contribution in [0.15, 0.2) is 92.2 Å². The van der Waals surface area contributed by atoms with Gasteiger partial charge in [-0.3, -0.25) is 0 Å². The minimum absolute atomic E-state index is 0.925. The molecule has 5 rings (SSSR count). The Bertz CT molecular complexity index is 1220. The van der Waals surface area contributed by atoms with Gasteiger partial charge in [0.15, 0.2) is 5.69 Å². The van der Waals surface area contributed by atoms with Gasteiger partial charge in [0, 0.05) is 11.6 Å². The molecule has 0 aliphatic heterocycles. The highest BCUT2D eigenvalue weighted by molar-refractivity contribution is 5.99. The molecule has 0 atom stereocenters. The minimum atomic E-state index is 0.925. The third-order valence-corrected chi connectivity index (χ3v) is 4.47. The highest BCUT2D eigenvalue weighted by atomic mass is 15.5. The van der Waals surface area contributed by atoms with Gasteiger partial charge in [0.25, 0.3) is 19.0 Å². The molecule has 2 aromatic heterocycles. The zero-order valence-corrected chi connectivity index (χ0v) is 13.9. The Morgan fingerprint density at radius 1 is 0.615 bits per heavy atom.